The minimum absolute atomic E-state index is 0.0527. The summed E-state index contributed by atoms with van der Waals surface area (Å²) >= 11 is 0. The Hall–Kier alpha value is -3.41. The fraction of sp³-hybridized carbons (Fsp3) is 0.452. The van der Waals surface area contributed by atoms with Crippen molar-refractivity contribution in [2.75, 3.05) is 5.32 Å². The van der Waals surface area contributed by atoms with Gasteiger partial charge in [-0.15, -0.1) is 0 Å². The van der Waals surface area contributed by atoms with E-state index in [0.29, 0.717) is 12.1 Å². The number of benzene rings is 2. The molecule has 37 heavy (non-hydrogen) atoms. The molecule has 2 atom stereocenters. The van der Waals surface area contributed by atoms with Crippen molar-refractivity contribution in [2.24, 2.45) is 5.92 Å². The van der Waals surface area contributed by atoms with Crippen LogP contribution in [0.25, 0.3) is 11.4 Å². The summed E-state index contributed by atoms with van der Waals surface area (Å²) in [4.78, 5) is 30.0. The number of nitrogens with zero attached hydrogens (tertiary/aromatic N) is 2. The number of carboxylic acid groups (broad SMARTS) is 1. The number of carbonyl (C=O) groups is 2. The first-order valence-corrected chi connectivity index (χ1v) is 13.6. The zero-order valence-electron chi connectivity index (χ0n) is 22.7. The number of aryl methyl sites for hydroxylation is 3. The average Bonchev–Trinajstić information content (AvgIpc) is 3.43. The Kier molecular flexibility index (Phi) is 8.16. The van der Waals surface area contributed by atoms with E-state index in [9.17, 15) is 14.7 Å². The lowest BCUT2D eigenvalue weighted by atomic mass is 9.85. The third-order valence-electron chi connectivity index (χ3n) is 7.95. The van der Waals surface area contributed by atoms with E-state index in [1.165, 1.54) is 11.1 Å². The molecule has 0 aliphatic heterocycles. The van der Waals surface area contributed by atoms with E-state index < -0.39 is 5.97 Å². The number of carboxylic acids is 1. The molecule has 2 N–H and O–H groups in total. The minimum atomic E-state index is -0.717. The molecule has 1 amide bonds. The number of rotatable bonds is 10. The van der Waals surface area contributed by atoms with Crippen molar-refractivity contribution in [1.82, 2.24) is 9.55 Å². The van der Waals surface area contributed by atoms with Crippen molar-refractivity contribution in [3.63, 3.8) is 0 Å². The topological polar surface area (TPSA) is 84.2 Å². The van der Waals surface area contributed by atoms with Gasteiger partial charge in [0.05, 0.1) is 5.92 Å². The number of aromatic nitrogens is 2. The predicted molar refractivity (Wildman–Crippen MR) is 148 cm³/mol. The van der Waals surface area contributed by atoms with Gasteiger partial charge in [0, 0.05) is 23.5 Å². The largest absolute Gasteiger partial charge is 0.481 e. The fourth-order valence-electron chi connectivity index (χ4n) is 5.61. The van der Waals surface area contributed by atoms with Crippen LogP contribution in [-0.4, -0.2) is 26.5 Å². The molecule has 0 radical (unpaired) electrons. The molecule has 3 aromatic rings. The van der Waals surface area contributed by atoms with Crippen LogP contribution < -0.4 is 5.32 Å². The molecule has 0 spiro atoms. The van der Waals surface area contributed by atoms with Gasteiger partial charge in [-0.05, 0) is 92.8 Å². The Morgan fingerprint density at radius 3 is 2.54 bits per heavy atom. The highest BCUT2D eigenvalue weighted by Crippen LogP contribution is 2.41. The standard InChI is InChI=1S/C31H39N3O3/c1-6-8-9-16-34-21(5)28(30(35)32-24-13-10-19(3)20(4)17-24)33-29(34)23-12-14-26-22(18-23)11-15-27(26)25(7-2)31(36)37/h10,12-14,17-18,25,27H,6-9,11,15-16H2,1-5H3,(H,32,35)(H,36,37). The monoisotopic (exact) mass is 501 g/mol. The molecule has 1 aliphatic carbocycles. The molecule has 0 fully saturated rings. The van der Waals surface area contributed by atoms with E-state index in [1.54, 1.807) is 0 Å². The second-order valence-electron chi connectivity index (χ2n) is 10.4. The molecule has 1 aromatic heterocycles. The minimum Gasteiger partial charge on any atom is -0.481 e. The number of aliphatic carboxylic acids is 1. The van der Waals surface area contributed by atoms with Crippen LogP contribution in [0.3, 0.4) is 0 Å². The van der Waals surface area contributed by atoms with Crippen LogP contribution in [0, 0.1) is 26.7 Å². The second kappa shape index (κ2) is 11.3. The normalized spacial score (nSPS) is 15.4. The van der Waals surface area contributed by atoms with Crippen molar-refractivity contribution in [3.05, 3.63) is 70.0 Å². The number of fused-ring (bicyclic) bond motifs is 1. The Morgan fingerprint density at radius 2 is 1.86 bits per heavy atom. The van der Waals surface area contributed by atoms with E-state index in [1.807, 2.05) is 39.0 Å². The molecule has 6 heteroatoms. The lowest BCUT2D eigenvalue weighted by Crippen LogP contribution is -2.19. The number of hydrogen-bond acceptors (Lipinski definition) is 3. The van der Waals surface area contributed by atoms with Gasteiger partial charge in [-0.3, -0.25) is 9.59 Å². The number of anilines is 1. The van der Waals surface area contributed by atoms with Gasteiger partial charge in [-0.2, -0.15) is 0 Å². The first-order valence-electron chi connectivity index (χ1n) is 13.6. The number of amides is 1. The van der Waals surface area contributed by atoms with Gasteiger partial charge in [0.2, 0.25) is 0 Å². The maximum atomic E-state index is 13.3. The zero-order valence-corrected chi connectivity index (χ0v) is 22.7. The number of imidazole rings is 1. The molecular formula is C31H39N3O3. The summed E-state index contributed by atoms with van der Waals surface area (Å²) in [6, 6.07) is 12.2. The highest BCUT2D eigenvalue weighted by Gasteiger charge is 2.33. The summed E-state index contributed by atoms with van der Waals surface area (Å²) in [5, 5.41) is 12.7. The molecule has 4 rings (SSSR count). The molecule has 6 nitrogen and oxygen atoms in total. The summed E-state index contributed by atoms with van der Waals surface area (Å²) in [6.45, 7) is 11.0. The number of unbranched alkanes of at least 4 members (excludes halogenated alkanes) is 2. The molecule has 2 unspecified atom stereocenters. The average molecular weight is 502 g/mol. The molecule has 0 saturated heterocycles. The molecule has 0 saturated carbocycles. The predicted octanol–water partition coefficient (Wildman–Crippen LogP) is 7.06. The smallest absolute Gasteiger partial charge is 0.307 e. The summed E-state index contributed by atoms with van der Waals surface area (Å²) in [7, 11) is 0. The molecule has 0 bridgehead atoms. The third kappa shape index (κ3) is 5.48. The van der Waals surface area contributed by atoms with E-state index in [4.69, 9.17) is 4.98 Å². The highest BCUT2D eigenvalue weighted by atomic mass is 16.4. The van der Waals surface area contributed by atoms with Crippen LogP contribution in [0.5, 0.6) is 0 Å². The first-order chi connectivity index (χ1) is 17.7. The van der Waals surface area contributed by atoms with Gasteiger partial charge in [-0.25, -0.2) is 4.98 Å². The van der Waals surface area contributed by atoms with Crippen molar-refractivity contribution in [3.8, 4) is 11.4 Å². The molecule has 1 aliphatic rings. The van der Waals surface area contributed by atoms with E-state index in [-0.39, 0.29) is 17.7 Å². The Balaban J connectivity index is 1.68. The molecule has 1 heterocycles. The molecule has 2 aromatic carbocycles. The van der Waals surface area contributed by atoms with Crippen LogP contribution in [0.2, 0.25) is 0 Å². The van der Waals surface area contributed by atoms with E-state index in [2.05, 4.69) is 41.9 Å². The van der Waals surface area contributed by atoms with Gasteiger partial charge < -0.3 is 15.0 Å². The molecule has 196 valence electrons. The van der Waals surface area contributed by atoms with Gasteiger partial charge in [0.25, 0.3) is 5.91 Å². The van der Waals surface area contributed by atoms with Crippen LogP contribution in [0.1, 0.15) is 90.3 Å². The van der Waals surface area contributed by atoms with E-state index in [0.717, 1.165) is 72.5 Å². The van der Waals surface area contributed by atoms with Crippen molar-refractivity contribution >= 4 is 17.6 Å². The van der Waals surface area contributed by atoms with Gasteiger partial charge >= 0.3 is 5.97 Å². The summed E-state index contributed by atoms with van der Waals surface area (Å²) in [6.07, 6.45) is 5.60. The molecular weight excluding hydrogens is 462 g/mol. The maximum Gasteiger partial charge on any atom is 0.307 e. The van der Waals surface area contributed by atoms with Crippen LogP contribution in [0.4, 0.5) is 5.69 Å². The fourth-order valence-corrected chi connectivity index (χ4v) is 5.61. The van der Waals surface area contributed by atoms with Gasteiger partial charge in [-0.1, -0.05) is 44.9 Å². The zero-order chi connectivity index (χ0) is 26.7. The van der Waals surface area contributed by atoms with Crippen LogP contribution in [0.15, 0.2) is 36.4 Å². The quantitative estimate of drug-likeness (QED) is 0.291. The lowest BCUT2D eigenvalue weighted by molar-refractivity contribution is -0.142. The van der Waals surface area contributed by atoms with E-state index >= 15 is 0 Å². The summed E-state index contributed by atoms with van der Waals surface area (Å²) in [5.41, 5.74) is 7.71. The van der Waals surface area contributed by atoms with Crippen LogP contribution >= 0.6 is 0 Å². The van der Waals surface area contributed by atoms with Crippen LogP contribution in [-0.2, 0) is 17.8 Å². The third-order valence-corrected chi connectivity index (χ3v) is 7.95. The Morgan fingerprint density at radius 1 is 1.08 bits per heavy atom. The van der Waals surface area contributed by atoms with Crippen molar-refractivity contribution in [2.45, 2.75) is 85.6 Å². The number of nitrogens with one attached hydrogen (secondary N) is 1. The Bertz CT molecular complexity index is 1310. The van der Waals surface area contributed by atoms with Gasteiger partial charge in [0.1, 0.15) is 11.5 Å². The van der Waals surface area contributed by atoms with Crippen molar-refractivity contribution < 1.29 is 14.7 Å². The SMILES string of the molecule is CCCCCn1c(-c2ccc3c(c2)CCC3C(CC)C(=O)O)nc(C(=O)Nc2ccc(C)c(C)c2)c1C. The van der Waals surface area contributed by atoms with Crippen molar-refractivity contribution in [1.29, 1.82) is 0 Å². The maximum absolute atomic E-state index is 13.3. The van der Waals surface area contributed by atoms with Gasteiger partial charge in [0.15, 0.2) is 0 Å². The summed E-state index contributed by atoms with van der Waals surface area (Å²) < 4.78 is 2.17. The first kappa shape index (κ1) is 26.6. The Labute approximate surface area is 220 Å². The number of carbonyl (C=O) groups excluding carboxylic acids is 1. The lowest BCUT2D eigenvalue weighted by Gasteiger charge is -2.19. The summed E-state index contributed by atoms with van der Waals surface area (Å²) in [5.74, 6) is -0.422. The number of hydrogen-bond donors (Lipinski definition) is 2. The highest BCUT2D eigenvalue weighted by molar-refractivity contribution is 6.04. The second-order valence-corrected chi connectivity index (χ2v) is 10.4.